The first kappa shape index (κ1) is 26.5. The first-order valence-corrected chi connectivity index (χ1v) is 13.8. The average molecular weight is 545 g/mol. The van der Waals surface area contributed by atoms with Crippen molar-refractivity contribution < 1.29 is 13.2 Å². The first-order valence-electron chi connectivity index (χ1n) is 11.5. The average Bonchev–Trinajstić information content (AvgIpc) is 2.86. The Kier molecular flexibility index (Phi) is 8.00. The lowest BCUT2D eigenvalue weighted by Gasteiger charge is -2.34. The van der Waals surface area contributed by atoms with Gasteiger partial charge in [-0.15, -0.1) is 0 Å². The Morgan fingerprint density at radius 3 is 2.35 bits per heavy atom. The van der Waals surface area contributed by atoms with Crippen molar-refractivity contribution in [3.8, 4) is 0 Å². The van der Waals surface area contributed by atoms with Gasteiger partial charge in [-0.3, -0.25) is 9.62 Å². The predicted octanol–water partition coefficient (Wildman–Crippen LogP) is 3.67. The molecular weight excluding hydrogens is 516 g/mol. The zero-order valence-corrected chi connectivity index (χ0v) is 22.3. The summed E-state index contributed by atoms with van der Waals surface area (Å²) in [6.45, 7) is 4.08. The van der Waals surface area contributed by atoms with E-state index in [-0.39, 0.29) is 16.4 Å². The summed E-state index contributed by atoms with van der Waals surface area (Å²) in [6.07, 6.45) is 2.40. The molecule has 3 aromatic rings. The fraction of sp³-hybridized carbons (Fsp3) is 0.292. The number of likely N-dealkylation sites (N-methyl/N-ethyl adjacent to an activating group) is 1. The van der Waals surface area contributed by atoms with E-state index < -0.39 is 16.1 Å². The summed E-state index contributed by atoms with van der Waals surface area (Å²) in [5.41, 5.74) is 2.56. The Labute approximate surface area is 221 Å². The van der Waals surface area contributed by atoms with Gasteiger partial charge < -0.3 is 20.4 Å². The minimum atomic E-state index is -3.48. The molecule has 0 radical (unpaired) electrons. The Morgan fingerprint density at radius 2 is 1.68 bits per heavy atom. The molecule has 1 aliphatic heterocycles. The van der Waals surface area contributed by atoms with Gasteiger partial charge in [-0.2, -0.15) is 0 Å². The third-order valence-corrected chi connectivity index (χ3v) is 6.76. The highest BCUT2D eigenvalue weighted by molar-refractivity contribution is 7.92. The van der Waals surface area contributed by atoms with Gasteiger partial charge in [0.2, 0.25) is 10.0 Å². The molecule has 3 N–H and O–H groups in total. The highest BCUT2D eigenvalue weighted by atomic mass is 35.5. The van der Waals surface area contributed by atoms with Crippen molar-refractivity contribution in [2.24, 2.45) is 0 Å². The SMILES string of the molecule is CN1CCN(c2ccc(Nc3cc(N(C)C(=O)Nc4cc(NS(C)(=O)=O)ccc4Cl)ncn3)cc2)CC1. The van der Waals surface area contributed by atoms with Gasteiger partial charge in [0.25, 0.3) is 0 Å². The fourth-order valence-electron chi connectivity index (χ4n) is 3.77. The lowest BCUT2D eigenvalue weighted by atomic mass is 10.2. The smallest absolute Gasteiger partial charge is 0.327 e. The Bertz CT molecular complexity index is 1360. The number of aromatic nitrogens is 2. The van der Waals surface area contributed by atoms with Crippen LogP contribution in [0.4, 0.5) is 39.2 Å². The molecule has 1 saturated heterocycles. The van der Waals surface area contributed by atoms with E-state index in [9.17, 15) is 13.2 Å². The molecule has 37 heavy (non-hydrogen) atoms. The zero-order valence-electron chi connectivity index (χ0n) is 20.8. The Morgan fingerprint density at radius 1 is 1.00 bits per heavy atom. The zero-order chi connectivity index (χ0) is 26.6. The molecule has 2 heterocycles. The van der Waals surface area contributed by atoms with Gasteiger partial charge in [0.1, 0.15) is 18.0 Å². The molecule has 0 spiro atoms. The van der Waals surface area contributed by atoms with E-state index in [4.69, 9.17) is 11.6 Å². The number of amides is 2. The number of hydrogen-bond donors (Lipinski definition) is 3. The molecular formula is C24H29ClN8O3S. The second-order valence-electron chi connectivity index (χ2n) is 8.78. The van der Waals surface area contributed by atoms with Crippen molar-refractivity contribution in [3.05, 3.63) is 59.9 Å². The van der Waals surface area contributed by atoms with Crippen molar-refractivity contribution in [2.75, 3.05) is 71.7 Å². The number of anilines is 6. The van der Waals surface area contributed by atoms with Gasteiger partial charge in [-0.1, -0.05) is 11.6 Å². The quantitative estimate of drug-likeness (QED) is 0.412. The van der Waals surface area contributed by atoms with Gasteiger partial charge in [-0.25, -0.2) is 23.2 Å². The summed E-state index contributed by atoms with van der Waals surface area (Å²) < 4.78 is 25.4. The minimum absolute atomic E-state index is 0.250. The monoisotopic (exact) mass is 544 g/mol. The highest BCUT2D eigenvalue weighted by Crippen LogP contribution is 2.27. The maximum atomic E-state index is 12.9. The summed E-state index contributed by atoms with van der Waals surface area (Å²) in [4.78, 5) is 27.3. The second-order valence-corrected chi connectivity index (χ2v) is 10.9. The molecule has 1 fully saturated rings. The van der Waals surface area contributed by atoms with Crippen LogP contribution in [-0.2, 0) is 10.0 Å². The normalized spacial score (nSPS) is 14.2. The van der Waals surface area contributed by atoms with Crippen LogP contribution in [-0.4, -0.2) is 75.8 Å². The topological polar surface area (TPSA) is 123 Å². The molecule has 2 amide bonds. The number of carbonyl (C=O) groups excluding carboxylic acids is 1. The number of sulfonamides is 1. The van der Waals surface area contributed by atoms with Crippen molar-refractivity contribution in [1.29, 1.82) is 0 Å². The van der Waals surface area contributed by atoms with Crippen LogP contribution in [0.15, 0.2) is 54.9 Å². The molecule has 0 unspecified atom stereocenters. The number of urea groups is 1. The Hall–Kier alpha value is -3.61. The Balaban J connectivity index is 1.41. The van der Waals surface area contributed by atoms with Crippen LogP contribution in [0.1, 0.15) is 0 Å². The molecule has 13 heteroatoms. The molecule has 2 aromatic carbocycles. The van der Waals surface area contributed by atoms with Gasteiger partial charge in [0.15, 0.2) is 0 Å². The van der Waals surface area contributed by atoms with Gasteiger partial charge in [0, 0.05) is 50.7 Å². The molecule has 1 aromatic heterocycles. The number of rotatable bonds is 7. The molecule has 4 rings (SSSR count). The van der Waals surface area contributed by atoms with Gasteiger partial charge in [0.05, 0.1) is 22.7 Å². The molecule has 0 saturated carbocycles. The number of nitrogens with one attached hydrogen (secondary N) is 3. The molecule has 1 aliphatic rings. The summed E-state index contributed by atoms with van der Waals surface area (Å²) in [5.74, 6) is 0.875. The van der Waals surface area contributed by atoms with Crippen LogP contribution in [0.2, 0.25) is 5.02 Å². The lowest BCUT2D eigenvalue weighted by Crippen LogP contribution is -2.44. The lowest BCUT2D eigenvalue weighted by molar-refractivity contribution is 0.258. The van der Waals surface area contributed by atoms with Crippen LogP contribution >= 0.6 is 11.6 Å². The van der Waals surface area contributed by atoms with E-state index in [2.05, 4.69) is 54.3 Å². The van der Waals surface area contributed by atoms with E-state index in [1.54, 1.807) is 13.1 Å². The molecule has 196 valence electrons. The summed E-state index contributed by atoms with van der Waals surface area (Å²) >= 11 is 6.19. The third-order valence-electron chi connectivity index (χ3n) is 5.82. The largest absolute Gasteiger partial charge is 0.369 e. The number of piperazine rings is 1. The van der Waals surface area contributed by atoms with Crippen LogP contribution < -0.4 is 25.2 Å². The van der Waals surface area contributed by atoms with E-state index in [0.29, 0.717) is 11.6 Å². The minimum Gasteiger partial charge on any atom is -0.369 e. The van der Waals surface area contributed by atoms with Crippen molar-refractivity contribution in [2.45, 2.75) is 0 Å². The molecule has 0 aliphatic carbocycles. The molecule has 11 nitrogen and oxygen atoms in total. The van der Waals surface area contributed by atoms with Gasteiger partial charge >= 0.3 is 6.03 Å². The summed E-state index contributed by atoms with van der Waals surface area (Å²) in [6, 6.07) is 13.7. The van der Waals surface area contributed by atoms with Crippen LogP contribution in [0.3, 0.4) is 0 Å². The summed E-state index contributed by atoms with van der Waals surface area (Å²) in [5, 5.41) is 6.17. The van der Waals surface area contributed by atoms with E-state index in [1.165, 1.54) is 35.1 Å². The molecule has 0 atom stereocenters. The van der Waals surface area contributed by atoms with Crippen LogP contribution in [0.5, 0.6) is 0 Å². The highest BCUT2D eigenvalue weighted by Gasteiger charge is 2.17. The van der Waals surface area contributed by atoms with E-state index in [1.807, 2.05) is 12.1 Å². The summed E-state index contributed by atoms with van der Waals surface area (Å²) in [7, 11) is 0.207. The third kappa shape index (κ3) is 7.21. The van der Waals surface area contributed by atoms with Crippen LogP contribution in [0.25, 0.3) is 0 Å². The molecule has 0 bridgehead atoms. The standard InChI is InChI=1S/C24H29ClN8O3S/c1-31-10-12-33(13-11-31)19-7-4-17(5-8-19)28-22-15-23(27-16-26-22)32(2)24(34)29-21-14-18(6-9-20(21)25)30-37(3,35)36/h4-9,14-16,30H,10-13H2,1-3H3,(H,29,34)(H,26,27,28). The number of carbonyl (C=O) groups is 1. The maximum absolute atomic E-state index is 12.9. The van der Waals surface area contributed by atoms with Crippen molar-refractivity contribution >= 4 is 62.0 Å². The fourth-order valence-corrected chi connectivity index (χ4v) is 4.49. The number of hydrogen-bond acceptors (Lipinski definition) is 8. The maximum Gasteiger partial charge on any atom is 0.327 e. The number of benzene rings is 2. The predicted molar refractivity (Wildman–Crippen MR) is 149 cm³/mol. The van der Waals surface area contributed by atoms with E-state index >= 15 is 0 Å². The van der Waals surface area contributed by atoms with Crippen molar-refractivity contribution in [1.82, 2.24) is 14.9 Å². The number of halogens is 1. The second kappa shape index (κ2) is 11.2. The van der Waals surface area contributed by atoms with Crippen LogP contribution in [0, 0.1) is 0 Å². The van der Waals surface area contributed by atoms with E-state index in [0.717, 1.165) is 38.1 Å². The van der Waals surface area contributed by atoms with Gasteiger partial charge in [-0.05, 0) is 49.5 Å². The number of nitrogens with zero attached hydrogens (tertiary/aromatic N) is 5. The van der Waals surface area contributed by atoms with Crippen molar-refractivity contribution in [3.63, 3.8) is 0 Å². The first-order chi connectivity index (χ1) is 17.6.